The summed E-state index contributed by atoms with van der Waals surface area (Å²) < 4.78 is 0. The maximum absolute atomic E-state index is 2.48. The van der Waals surface area contributed by atoms with Crippen LogP contribution >= 0.6 is 0 Å². The molecular weight excluding hydrogens is 110 g/mol. The van der Waals surface area contributed by atoms with Gasteiger partial charge in [-0.2, -0.15) is 0 Å². The number of rotatable bonds is 0. The van der Waals surface area contributed by atoms with Crippen LogP contribution in [0.2, 0.25) is 0 Å². The monoisotopic (exact) mass is 127 g/mol. The van der Waals surface area contributed by atoms with E-state index in [1.54, 1.807) is 0 Å². The van der Waals surface area contributed by atoms with Crippen molar-refractivity contribution in [2.75, 3.05) is 7.05 Å². The predicted octanol–water partition coefficient (Wildman–Crippen LogP) is 1.88. The lowest BCUT2D eigenvalue weighted by Crippen LogP contribution is -2.40. The molecule has 0 amide bonds. The van der Waals surface area contributed by atoms with Gasteiger partial charge >= 0.3 is 0 Å². The van der Waals surface area contributed by atoms with E-state index in [1.165, 1.54) is 19.3 Å². The van der Waals surface area contributed by atoms with Crippen LogP contribution < -0.4 is 0 Å². The summed E-state index contributed by atoms with van der Waals surface area (Å²) in [5, 5.41) is 0. The van der Waals surface area contributed by atoms with Crippen LogP contribution in [-0.2, 0) is 0 Å². The summed E-state index contributed by atoms with van der Waals surface area (Å²) in [6.07, 6.45) is 4.20. The lowest BCUT2D eigenvalue weighted by molar-refractivity contribution is 0.138. The highest BCUT2D eigenvalue weighted by atomic mass is 15.2. The van der Waals surface area contributed by atoms with E-state index in [0.717, 1.165) is 12.1 Å². The van der Waals surface area contributed by atoms with Crippen molar-refractivity contribution in [1.29, 1.82) is 0 Å². The molecule has 0 aliphatic carbocycles. The van der Waals surface area contributed by atoms with Crippen LogP contribution in [0.15, 0.2) is 0 Å². The van der Waals surface area contributed by atoms with Crippen LogP contribution in [0, 0.1) is 0 Å². The highest BCUT2D eigenvalue weighted by molar-refractivity contribution is 4.75. The van der Waals surface area contributed by atoms with Gasteiger partial charge in [-0.3, -0.25) is 0 Å². The summed E-state index contributed by atoms with van der Waals surface area (Å²) in [7, 11) is 2.23. The SMILES string of the molecule is CC1CCCC(C)N1C. The first kappa shape index (κ1) is 7.07. The number of likely N-dealkylation sites (tertiary alicyclic amines) is 1. The lowest BCUT2D eigenvalue weighted by atomic mass is 9.99. The van der Waals surface area contributed by atoms with Crippen molar-refractivity contribution in [3.8, 4) is 0 Å². The summed E-state index contributed by atoms with van der Waals surface area (Å²) in [5.41, 5.74) is 0. The third-order valence-corrected chi connectivity index (χ3v) is 2.63. The average molecular weight is 127 g/mol. The second kappa shape index (κ2) is 2.70. The van der Waals surface area contributed by atoms with Crippen molar-refractivity contribution in [2.45, 2.75) is 45.2 Å². The van der Waals surface area contributed by atoms with E-state index in [4.69, 9.17) is 0 Å². The smallest absolute Gasteiger partial charge is 0.00667 e. The van der Waals surface area contributed by atoms with Gasteiger partial charge in [0.1, 0.15) is 0 Å². The Morgan fingerprint density at radius 2 is 1.56 bits per heavy atom. The molecule has 0 saturated carbocycles. The van der Waals surface area contributed by atoms with Crippen LogP contribution in [0.5, 0.6) is 0 Å². The van der Waals surface area contributed by atoms with E-state index in [9.17, 15) is 0 Å². The highest BCUT2D eigenvalue weighted by Crippen LogP contribution is 2.19. The predicted molar refractivity (Wildman–Crippen MR) is 40.5 cm³/mol. The number of hydrogen-bond donors (Lipinski definition) is 0. The molecule has 1 aliphatic heterocycles. The quantitative estimate of drug-likeness (QED) is 0.480. The van der Waals surface area contributed by atoms with Gasteiger partial charge < -0.3 is 4.90 Å². The maximum atomic E-state index is 2.48. The summed E-state index contributed by atoms with van der Waals surface area (Å²) in [4.78, 5) is 2.48. The fourth-order valence-corrected chi connectivity index (χ4v) is 1.55. The van der Waals surface area contributed by atoms with Gasteiger partial charge in [-0.1, -0.05) is 6.42 Å². The molecular formula is C8H17N. The molecule has 1 heterocycles. The Balaban J connectivity index is 2.41. The van der Waals surface area contributed by atoms with Gasteiger partial charge in [-0.25, -0.2) is 0 Å². The second-order valence-corrected chi connectivity index (χ2v) is 3.29. The van der Waals surface area contributed by atoms with E-state index in [2.05, 4.69) is 25.8 Å². The molecule has 54 valence electrons. The van der Waals surface area contributed by atoms with Gasteiger partial charge in [0.25, 0.3) is 0 Å². The number of piperidine rings is 1. The molecule has 1 fully saturated rings. The molecule has 9 heavy (non-hydrogen) atoms. The van der Waals surface area contributed by atoms with Crippen molar-refractivity contribution in [1.82, 2.24) is 4.90 Å². The van der Waals surface area contributed by atoms with Crippen molar-refractivity contribution in [3.63, 3.8) is 0 Å². The molecule has 0 N–H and O–H groups in total. The van der Waals surface area contributed by atoms with Gasteiger partial charge in [0, 0.05) is 12.1 Å². The standard InChI is InChI=1S/C8H17N/c1-7-5-4-6-8(2)9(7)3/h7-8H,4-6H2,1-3H3. The van der Waals surface area contributed by atoms with Crippen molar-refractivity contribution in [2.24, 2.45) is 0 Å². The van der Waals surface area contributed by atoms with Gasteiger partial charge in [-0.15, -0.1) is 0 Å². The van der Waals surface area contributed by atoms with E-state index >= 15 is 0 Å². The molecule has 0 radical (unpaired) electrons. The third kappa shape index (κ3) is 1.45. The summed E-state index contributed by atoms with van der Waals surface area (Å²) >= 11 is 0. The molecule has 0 aromatic heterocycles. The van der Waals surface area contributed by atoms with E-state index in [1.807, 2.05) is 0 Å². The van der Waals surface area contributed by atoms with Gasteiger partial charge in [0.15, 0.2) is 0 Å². The zero-order valence-electron chi connectivity index (χ0n) is 6.72. The largest absolute Gasteiger partial charge is 0.301 e. The fourth-order valence-electron chi connectivity index (χ4n) is 1.55. The molecule has 0 aromatic rings. The Hall–Kier alpha value is -0.0400. The zero-order valence-corrected chi connectivity index (χ0v) is 6.72. The first-order valence-electron chi connectivity index (χ1n) is 3.93. The Morgan fingerprint density at radius 1 is 1.11 bits per heavy atom. The zero-order chi connectivity index (χ0) is 6.85. The fraction of sp³-hybridized carbons (Fsp3) is 1.00. The number of nitrogens with zero attached hydrogens (tertiary/aromatic N) is 1. The normalized spacial score (nSPS) is 39.0. The first-order chi connectivity index (χ1) is 4.22. The maximum Gasteiger partial charge on any atom is 0.00667 e. The van der Waals surface area contributed by atoms with Crippen LogP contribution in [0.3, 0.4) is 0 Å². The molecule has 1 heteroatoms. The highest BCUT2D eigenvalue weighted by Gasteiger charge is 2.19. The van der Waals surface area contributed by atoms with Gasteiger partial charge in [0.05, 0.1) is 0 Å². The van der Waals surface area contributed by atoms with Gasteiger partial charge in [0.2, 0.25) is 0 Å². The summed E-state index contributed by atoms with van der Waals surface area (Å²) in [6, 6.07) is 1.63. The molecule has 2 unspecified atom stereocenters. The van der Waals surface area contributed by atoms with Crippen LogP contribution in [0.25, 0.3) is 0 Å². The Bertz CT molecular complexity index is 80.6. The number of hydrogen-bond acceptors (Lipinski definition) is 1. The van der Waals surface area contributed by atoms with E-state index < -0.39 is 0 Å². The second-order valence-electron chi connectivity index (χ2n) is 3.29. The molecule has 0 spiro atoms. The molecule has 1 rings (SSSR count). The molecule has 2 atom stereocenters. The minimum absolute atomic E-state index is 0.814. The van der Waals surface area contributed by atoms with Crippen LogP contribution in [0.1, 0.15) is 33.1 Å². The lowest BCUT2D eigenvalue weighted by Gasteiger charge is -2.35. The minimum Gasteiger partial charge on any atom is -0.301 e. The topological polar surface area (TPSA) is 3.24 Å². The van der Waals surface area contributed by atoms with Crippen molar-refractivity contribution < 1.29 is 0 Å². The van der Waals surface area contributed by atoms with Crippen molar-refractivity contribution >= 4 is 0 Å². The summed E-state index contributed by atoms with van der Waals surface area (Å²) in [5.74, 6) is 0. The van der Waals surface area contributed by atoms with Crippen LogP contribution in [0.4, 0.5) is 0 Å². The molecule has 1 aliphatic rings. The third-order valence-electron chi connectivity index (χ3n) is 2.63. The van der Waals surface area contributed by atoms with Gasteiger partial charge in [-0.05, 0) is 33.7 Å². The van der Waals surface area contributed by atoms with E-state index in [-0.39, 0.29) is 0 Å². The minimum atomic E-state index is 0.814. The average Bonchev–Trinajstić information content (AvgIpc) is 1.83. The Labute approximate surface area is 58.0 Å². The van der Waals surface area contributed by atoms with Crippen molar-refractivity contribution in [3.05, 3.63) is 0 Å². The molecule has 1 saturated heterocycles. The Morgan fingerprint density at radius 3 is 1.89 bits per heavy atom. The molecule has 1 nitrogen and oxygen atoms in total. The summed E-state index contributed by atoms with van der Waals surface area (Å²) in [6.45, 7) is 4.63. The Kier molecular flexibility index (Phi) is 2.12. The first-order valence-corrected chi connectivity index (χ1v) is 3.93. The molecule has 0 bridgehead atoms. The van der Waals surface area contributed by atoms with Crippen LogP contribution in [-0.4, -0.2) is 24.0 Å². The van der Waals surface area contributed by atoms with E-state index in [0.29, 0.717) is 0 Å². The molecule has 0 aromatic carbocycles.